The zero-order valence-electron chi connectivity index (χ0n) is 12.4. The van der Waals surface area contributed by atoms with Gasteiger partial charge in [0.1, 0.15) is 12.2 Å². The lowest BCUT2D eigenvalue weighted by atomic mass is 9.79. The molecule has 20 heavy (non-hydrogen) atoms. The Kier molecular flexibility index (Phi) is 3.72. The molecule has 1 aliphatic carbocycles. The van der Waals surface area contributed by atoms with E-state index in [4.69, 9.17) is 5.10 Å². The molecule has 2 aliphatic rings. The molecular formula is C17H23N3+. The third kappa shape index (κ3) is 2.21. The van der Waals surface area contributed by atoms with Gasteiger partial charge in [-0.15, -0.1) is 5.01 Å². The minimum Gasteiger partial charge on any atom is -0.130 e. The molecule has 3 heteroatoms. The van der Waals surface area contributed by atoms with Gasteiger partial charge in [-0.1, -0.05) is 46.6 Å². The molecule has 0 amide bonds. The molecule has 3 nitrogen and oxygen atoms in total. The van der Waals surface area contributed by atoms with Gasteiger partial charge in [-0.2, -0.15) is 0 Å². The molecule has 0 aromatic heterocycles. The van der Waals surface area contributed by atoms with Crippen molar-refractivity contribution < 1.29 is 4.70 Å². The fourth-order valence-corrected chi connectivity index (χ4v) is 3.45. The molecule has 0 saturated heterocycles. The number of rotatable bonds is 3. The topological polar surface area (TPSA) is 15.6 Å². The molecule has 1 saturated carbocycles. The minimum atomic E-state index is 0.427. The number of hydrogen-bond acceptors (Lipinski definition) is 2. The maximum absolute atomic E-state index is 4.77. The van der Waals surface area contributed by atoms with Crippen LogP contribution >= 0.6 is 0 Å². The van der Waals surface area contributed by atoms with E-state index in [1.807, 2.05) is 6.21 Å². The lowest BCUT2D eigenvalue weighted by molar-refractivity contribution is -1.01. The van der Waals surface area contributed by atoms with Crippen molar-refractivity contribution >= 4 is 6.21 Å². The van der Waals surface area contributed by atoms with Gasteiger partial charge in [0.25, 0.3) is 0 Å². The maximum Gasteiger partial charge on any atom is 0.148 e. The lowest BCUT2D eigenvalue weighted by Gasteiger charge is -2.43. The van der Waals surface area contributed by atoms with E-state index in [1.165, 1.54) is 31.2 Å². The summed E-state index contributed by atoms with van der Waals surface area (Å²) in [5, 5.41) is 6.98. The van der Waals surface area contributed by atoms with E-state index in [9.17, 15) is 0 Å². The Morgan fingerprint density at radius 2 is 1.95 bits per heavy atom. The van der Waals surface area contributed by atoms with Gasteiger partial charge >= 0.3 is 0 Å². The highest BCUT2D eigenvalue weighted by atomic mass is 15.9. The first kappa shape index (κ1) is 13.5. The van der Waals surface area contributed by atoms with Gasteiger partial charge in [0.2, 0.25) is 0 Å². The molecule has 105 valence electrons. The van der Waals surface area contributed by atoms with Crippen molar-refractivity contribution in [2.45, 2.75) is 31.7 Å². The van der Waals surface area contributed by atoms with Gasteiger partial charge in [-0.05, 0) is 18.4 Å². The summed E-state index contributed by atoms with van der Waals surface area (Å²) in [6.07, 6.45) is 11.2. The Balaban J connectivity index is 1.97. The number of nitrogens with zero attached hydrogens (tertiary/aromatic N) is 3. The van der Waals surface area contributed by atoms with Crippen molar-refractivity contribution in [1.29, 1.82) is 0 Å². The molecule has 1 fully saturated rings. The predicted octanol–water partition coefficient (Wildman–Crippen LogP) is 3.36. The Bertz CT molecular complexity index is 492. The van der Waals surface area contributed by atoms with Crippen LogP contribution in [0.3, 0.4) is 0 Å². The van der Waals surface area contributed by atoms with Gasteiger partial charge < -0.3 is 0 Å². The summed E-state index contributed by atoms with van der Waals surface area (Å²) in [7, 11) is 4.23. The molecule has 2 atom stereocenters. The van der Waals surface area contributed by atoms with Crippen LogP contribution in [0.15, 0.2) is 47.7 Å². The Morgan fingerprint density at radius 3 is 2.60 bits per heavy atom. The summed E-state index contributed by atoms with van der Waals surface area (Å²) in [5.74, 6) is 1.55. The molecule has 1 aliphatic heterocycles. The van der Waals surface area contributed by atoms with E-state index in [0.717, 1.165) is 0 Å². The average molecular weight is 269 g/mol. The average Bonchev–Trinajstić information content (AvgIpc) is 2.99. The molecule has 1 aromatic rings. The second-order valence-corrected chi connectivity index (χ2v) is 5.81. The number of quaternary nitrogens is 1. The van der Waals surface area contributed by atoms with E-state index in [2.05, 4.69) is 61.7 Å². The highest BCUT2D eigenvalue weighted by Gasteiger charge is 2.47. The highest BCUT2D eigenvalue weighted by molar-refractivity contribution is 5.71. The van der Waals surface area contributed by atoms with Crippen molar-refractivity contribution in [2.24, 2.45) is 5.10 Å². The summed E-state index contributed by atoms with van der Waals surface area (Å²) in [6, 6.07) is 11.3. The van der Waals surface area contributed by atoms with Crippen LogP contribution in [-0.4, -0.2) is 36.1 Å². The SMILES string of the molecule is CN(C)[N+]1(C2CCCC[C]2c2ccccc2)C=CC=N1. The first-order chi connectivity index (χ1) is 9.74. The molecule has 2 unspecified atom stereocenters. The van der Waals surface area contributed by atoms with Crippen molar-refractivity contribution in [2.75, 3.05) is 14.1 Å². The largest absolute Gasteiger partial charge is 0.148 e. The van der Waals surface area contributed by atoms with Crippen LogP contribution in [0.5, 0.6) is 0 Å². The fourth-order valence-electron chi connectivity index (χ4n) is 3.45. The van der Waals surface area contributed by atoms with E-state index in [1.54, 1.807) is 5.92 Å². The molecule has 0 bridgehead atoms. The molecule has 3 rings (SSSR count). The molecule has 1 heterocycles. The Hall–Kier alpha value is -1.45. The second-order valence-electron chi connectivity index (χ2n) is 5.81. The van der Waals surface area contributed by atoms with Gasteiger partial charge in [-0.3, -0.25) is 0 Å². The molecule has 1 radical (unpaired) electrons. The number of benzene rings is 1. The summed E-state index contributed by atoms with van der Waals surface area (Å²) in [5.41, 5.74) is 1.38. The van der Waals surface area contributed by atoms with Crippen LogP contribution in [-0.2, 0) is 0 Å². The first-order valence-electron chi connectivity index (χ1n) is 7.45. The summed E-state index contributed by atoms with van der Waals surface area (Å²) >= 11 is 0. The van der Waals surface area contributed by atoms with Gasteiger partial charge in [0, 0.05) is 26.6 Å². The lowest BCUT2D eigenvalue weighted by Crippen LogP contribution is -2.57. The third-order valence-electron chi connectivity index (χ3n) is 4.46. The normalized spacial score (nSPS) is 30.2. The molecule has 0 N–H and O–H groups in total. The zero-order chi connectivity index (χ0) is 14.0. The second kappa shape index (κ2) is 5.51. The van der Waals surface area contributed by atoms with Crippen LogP contribution in [0.4, 0.5) is 0 Å². The fraction of sp³-hybridized carbons (Fsp3) is 0.412. The van der Waals surface area contributed by atoms with Crippen molar-refractivity contribution in [3.05, 3.63) is 54.1 Å². The number of hydrogen-bond donors (Lipinski definition) is 0. The van der Waals surface area contributed by atoms with Gasteiger partial charge in [0.15, 0.2) is 0 Å². The quantitative estimate of drug-likeness (QED) is 0.768. The first-order valence-corrected chi connectivity index (χ1v) is 7.45. The smallest absolute Gasteiger partial charge is 0.130 e. The van der Waals surface area contributed by atoms with Crippen LogP contribution in [0.2, 0.25) is 0 Å². The van der Waals surface area contributed by atoms with Gasteiger partial charge in [0.05, 0.1) is 12.1 Å². The van der Waals surface area contributed by atoms with Crippen molar-refractivity contribution in [3.63, 3.8) is 0 Å². The summed E-state index contributed by atoms with van der Waals surface area (Å²) < 4.78 is 0.588. The summed E-state index contributed by atoms with van der Waals surface area (Å²) in [6.45, 7) is 0. The Morgan fingerprint density at radius 1 is 1.15 bits per heavy atom. The minimum absolute atomic E-state index is 0.427. The number of allylic oxidation sites excluding steroid dienone is 1. The molecule has 0 spiro atoms. The van der Waals surface area contributed by atoms with E-state index in [0.29, 0.717) is 10.7 Å². The monoisotopic (exact) mass is 269 g/mol. The zero-order valence-corrected chi connectivity index (χ0v) is 12.4. The van der Waals surface area contributed by atoms with Crippen LogP contribution in [0.1, 0.15) is 31.2 Å². The molecular weight excluding hydrogens is 246 g/mol. The molecule has 1 aromatic carbocycles. The third-order valence-corrected chi connectivity index (χ3v) is 4.46. The highest BCUT2D eigenvalue weighted by Crippen LogP contribution is 2.40. The maximum atomic E-state index is 4.77. The van der Waals surface area contributed by atoms with Crippen molar-refractivity contribution in [1.82, 2.24) is 5.01 Å². The van der Waals surface area contributed by atoms with E-state index in [-0.39, 0.29) is 0 Å². The van der Waals surface area contributed by atoms with E-state index >= 15 is 0 Å². The van der Waals surface area contributed by atoms with Crippen LogP contribution < -0.4 is 0 Å². The van der Waals surface area contributed by atoms with Crippen LogP contribution in [0.25, 0.3) is 0 Å². The Labute approximate surface area is 121 Å². The standard InChI is InChI=1S/C17H23N3/c1-19(2)20(14-8-13-18-20)17-12-7-6-11-16(17)15-9-4-3-5-10-15/h3-5,8-10,13-14,17H,6-7,11-12H2,1-2H3/q+1. The van der Waals surface area contributed by atoms with E-state index < -0.39 is 0 Å². The van der Waals surface area contributed by atoms with Crippen LogP contribution in [0, 0.1) is 5.92 Å². The van der Waals surface area contributed by atoms with Crippen molar-refractivity contribution in [3.8, 4) is 0 Å². The predicted molar refractivity (Wildman–Crippen MR) is 82.6 cm³/mol. The van der Waals surface area contributed by atoms with Gasteiger partial charge in [-0.25, -0.2) is 0 Å². The summed E-state index contributed by atoms with van der Waals surface area (Å²) in [4.78, 5) is 0.